The molecule has 0 saturated heterocycles. The predicted octanol–water partition coefficient (Wildman–Crippen LogP) is 3.79. The topological polar surface area (TPSA) is 76.0 Å². The van der Waals surface area contributed by atoms with Crippen molar-refractivity contribution in [3.63, 3.8) is 0 Å². The van der Waals surface area contributed by atoms with Gasteiger partial charge in [-0.3, -0.25) is 0 Å². The lowest BCUT2D eigenvalue weighted by Crippen LogP contribution is -2.21. The van der Waals surface area contributed by atoms with Gasteiger partial charge in [-0.15, -0.1) is 0 Å². The van der Waals surface area contributed by atoms with Gasteiger partial charge >= 0.3 is 5.97 Å². The van der Waals surface area contributed by atoms with Gasteiger partial charge in [0.15, 0.2) is 0 Å². The molecule has 0 bridgehead atoms. The SMILES string of the molecule is COC(=O)C=CCCCCC1[C@@H](/C=C/CCCCCCO)[C@H](OC)C[C@@H]1O. The Bertz CT molecular complexity index is 446. The van der Waals surface area contributed by atoms with Crippen LogP contribution < -0.4 is 0 Å². The quantitative estimate of drug-likeness (QED) is 0.207. The third-order valence-electron chi connectivity index (χ3n) is 5.45. The molecule has 4 atom stereocenters. The molecule has 1 aliphatic carbocycles. The number of carbonyl (C=O) groups excluding carboxylic acids is 1. The van der Waals surface area contributed by atoms with Crippen molar-refractivity contribution in [3.8, 4) is 0 Å². The molecule has 1 rings (SSSR count). The van der Waals surface area contributed by atoms with Crippen LogP contribution in [0, 0.1) is 11.8 Å². The van der Waals surface area contributed by atoms with Crippen molar-refractivity contribution in [1.29, 1.82) is 0 Å². The molecule has 0 aromatic heterocycles. The molecule has 0 aliphatic heterocycles. The Balaban J connectivity index is 2.38. The first kappa shape index (κ1) is 23.9. The Kier molecular flexibility index (Phi) is 13.1. The van der Waals surface area contributed by atoms with Gasteiger partial charge in [-0.2, -0.15) is 0 Å². The van der Waals surface area contributed by atoms with E-state index in [1.54, 1.807) is 7.11 Å². The minimum atomic E-state index is -0.314. The summed E-state index contributed by atoms with van der Waals surface area (Å²) in [6.45, 7) is 0.283. The zero-order valence-electron chi connectivity index (χ0n) is 17.0. The standard InChI is InChI=1S/C22H38O5/c1-26-21-17-20(24)18(13-9-6-7-11-15-22(25)27-2)19(21)14-10-5-3-4-8-12-16-23/h10-11,14-15,18-21,23-24H,3-9,12-13,16-17H2,1-2H3/b14-10+,15-11?/t18?,19-,20+,21-/m1/s1. The van der Waals surface area contributed by atoms with Gasteiger partial charge in [0, 0.05) is 32.1 Å². The fourth-order valence-electron chi connectivity index (χ4n) is 3.88. The van der Waals surface area contributed by atoms with Crippen LogP contribution in [0.3, 0.4) is 0 Å². The molecule has 1 fully saturated rings. The highest BCUT2D eigenvalue weighted by atomic mass is 16.5. The van der Waals surface area contributed by atoms with Gasteiger partial charge in [0.2, 0.25) is 0 Å². The van der Waals surface area contributed by atoms with Crippen LogP contribution in [-0.2, 0) is 14.3 Å². The maximum Gasteiger partial charge on any atom is 0.330 e. The molecule has 0 spiro atoms. The first-order chi connectivity index (χ1) is 13.1. The minimum absolute atomic E-state index is 0.0925. The van der Waals surface area contributed by atoms with Crippen molar-refractivity contribution in [3.05, 3.63) is 24.3 Å². The predicted molar refractivity (Wildman–Crippen MR) is 107 cm³/mol. The van der Waals surface area contributed by atoms with Crippen LogP contribution in [0.5, 0.6) is 0 Å². The Morgan fingerprint density at radius 1 is 1.04 bits per heavy atom. The summed E-state index contributed by atoms with van der Waals surface area (Å²) in [5.74, 6) is 0.198. The molecular weight excluding hydrogens is 344 g/mol. The van der Waals surface area contributed by atoms with Crippen molar-refractivity contribution in [2.24, 2.45) is 11.8 Å². The Labute approximate surface area is 164 Å². The number of allylic oxidation sites excluding steroid dienone is 2. The fraction of sp³-hybridized carbons (Fsp3) is 0.773. The second kappa shape index (κ2) is 14.8. The van der Waals surface area contributed by atoms with E-state index in [1.165, 1.54) is 13.2 Å². The zero-order chi connectivity index (χ0) is 19.9. The molecule has 5 heteroatoms. The summed E-state index contributed by atoms with van der Waals surface area (Å²) >= 11 is 0. The number of esters is 1. The number of unbranched alkanes of at least 4 members (excludes halogenated alkanes) is 6. The van der Waals surface area contributed by atoms with Crippen LogP contribution in [-0.4, -0.2) is 49.2 Å². The number of hydrogen-bond acceptors (Lipinski definition) is 5. The molecular formula is C22H38O5. The van der Waals surface area contributed by atoms with Crippen LogP contribution in [0.15, 0.2) is 24.3 Å². The lowest BCUT2D eigenvalue weighted by Gasteiger charge is -2.22. The molecule has 0 heterocycles. The molecule has 1 aliphatic rings. The highest BCUT2D eigenvalue weighted by Gasteiger charge is 2.40. The number of hydrogen-bond donors (Lipinski definition) is 2. The molecule has 27 heavy (non-hydrogen) atoms. The van der Waals surface area contributed by atoms with E-state index in [0.717, 1.165) is 57.8 Å². The molecule has 156 valence electrons. The van der Waals surface area contributed by atoms with Crippen LogP contribution >= 0.6 is 0 Å². The Morgan fingerprint density at radius 2 is 1.74 bits per heavy atom. The van der Waals surface area contributed by atoms with Crippen LogP contribution in [0.2, 0.25) is 0 Å². The summed E-state index contributed by atoms with van der Waals surface area (Å²) in [6.07, 6.45) is 17.4. The molecule has 2 N–H and O–H groups in total. The van der Waals surface area contributed by atoms with E-state index in [9.17, 15) is 9.90 Å². The van der Waals surface area contributed by atoms with E-state index in [4.69, 9.17) is 9.84 Å². The normalized spacial score (nSPS) is 25.6. The first-order valence-corrected chi connectivity index (χ1v) is 10.4. The fourth-order valence-corrected chi connectivity index (χ4v) is 3.88. The Hall–Kier alpha value is -1.17. The van der Waals surface area contributed by atoms with E-state index in [1.807, 2.05) is 6.08 Å². The summed E-state index contributed by atoms with van der Waals surface area (Å²) in [5, 5.41) is 19.3. The second-order valence-corrected chi connectivity index (χ2v) is 7.38. The zero-order valence-corrected chi connectivity index (χ0v) is 17.0. The maximum absolute atomic E-state index is 11.0. The highest BCUT2D eigenvalue weighted by molar-refractivity contribution is 5.81. The lowest BCUT2D eigenvalue weighted by molar-refractivity contribution is -0.134. The molecule has 5 nitrogen and oxygen atoms in total. The second-order valence-electron chi connectivity index (χ2n) is 7.38. The molecule has 1 saturated carbocycles. The summed E-state index contributed by atoms with van der Waals surface area (Å²) < 4.78 is 10.2. The van der Waals surface area contributed by atoms with Crippen LogP contribution in [0.1, 0.15) is 64.2 Å². The number of methoxy groups -OCH3 is 2. The largest absolute Gasteiger partial charge is 0.466 e. The van der Waals surface area contributed by atoms with E-state index in [0.29, 0.717) is 6.42 Å². The number of aliphatic hydroxyl groups excluding tert-OH is 2. The van der Waals surface area contributed by atoms with Crippen molar-refractivity contribution in [1.82, 2.24) is 0 Å². The third kappa shape index (κ3) is 9.54. The Morgan fingerprint density at radius 3 is 2.44 bits per heavy atom. The van der Waals surface area contributed by atoms with Gasteiger partial charge < -0.3 is 19.7 Å². The average molecular weight is 383 g/mol. The smallest absolute Gasteiger partial charge is 0.330 e. The highest BCUT2D eigenvalue weighted by Crippen LogP contribution is 2.38. The number of carbonyl (C=O) groups is 1. The van der Waals surface area contributed by atoms with Crippen molar-refractivity contribution in [2.75, 3.05) is 20.8 Å². The van der Waals surface area contributed by atoms with Gasteiger partial charge in [0.05, 0.1) is 19.3 Å². The number of ether oxygens (including phenoxy) is 2. The maximum atomic E-state index is 11.0. The molecule has 0 aromatic rings. The molecule has 0 radical (unpaired) electrons. The van der Waals surface area contributed by atoms with Gasteiger partial charge in [0.1, 0.15) is 0 Å². The summed E-state index contributed by atoms with van der Waals surface area (Å²) in [4.78, 5) is 11.0. The van der Waals surface area contributed by atoms with Crippen LogP contribution in [0.4, 0.5) is 0 Å². The van der Waals surface area contributed by atoms with E-state index in [2.05, 4.69) is 16.9 Å². The lowest BCUT2D eigenvalue weighted by atomic mass is 9.88. The van der Waals surface area contributed by atoms with Gasteiger partial charge in [-0.05, 0) is 44.4 Å². The molecule has 1 unspecified atom stereocenters. The van der Waals surface area contributed by atoms with E-state index in [-0.39, 0.29) is 36.6 Å². The molecule has 0 amide bonds. The average Bonchev–Trinajstić information content (AvgIpc) is 2.98. The van der Waals surface area contributed by atoms with Gasteiger partial charge in [0.25, 0.3) is 0 Å². The van der Waals surface area contributed by atoms with Crippen molar-refractivity contribution in [2.45, 2.75) is 76.4 Å². The molecule has 0 aromatic carbocycles. The van der Waals surface area contributed by atoms with Gasteiger partial charge in [-0.25, -0.2) is 4.79 Å². The van der Waals surface area contributed by atoms with E-state index < -0.39 is 0 Å². The summed E-state index contributed by atoms with van der Waals surface area (Å²) in [6, 6.07) is 0. The summed E-state index contributed by atoms with van der Waals surface area (Å²) in [5.41, 5.74) is 0. The van der Waals surface area contributed by atoms with Crippen molar-refractivity contribution >= 4 is 5.97 Å². The summed E-state index contributed by atoms with van der Waals surface area (Å²) in [7, 11) is 3.11. The third-order valence-corrected chi connectivity index (χ3v) is 5.45. The van der Waals surface area contributed by atoms with Gasteiger partial charge in [-0.1, -0.05) is 37.5 Å². The van der Waals surface area contributed by atoms with Crippen LogP contribution in [0.25, 0.3) is 0 Å². The van der Waals surface area contributed by atoms with Crippen molar-refractivity contribution < 1.29 is 24.5 Å². The monoisotopic (exact) mass is 382 g/mol. The number of rotatable bonds is 14. The minimum Gasteiger partial charge on any atom is -0.466 e. The van der Waals surface area contributed by atoms with E-state index >= 15 is 0 Å². The first-order valence-electron chi connectivity index (χ1n) is 10.4. The number of aliphatic hydroxyl groups is 2.